The number of allylic oxidation sites excluding steroid dienone is 1. The Hall–Kier alpha value is 1.43. The second-order valence-corrected chi connectivity index (χ2v) is 10.1. The Labute approximate surface area is 107 Å². The van der Waals surface area contributed by atoms with Crippen molar-refractivity contribution < 1.29 is 0 Å². The predicted octanol–water partition coefficient (Wildman–Crippen LogP) is 3.54. The molecule has 68 valence electrons. The fourth-order valence-corrected chi connectivity index (χ4v) is 9.07. The summed E-state index contributed by atoms with van der Waals surface area (Å²) in [7, 11) is 0. The number of alkyl halides is 1. The summed E-state index contributed by atoms with van der Waals surface area (Å²) in [6, 6.07) is 0. The molecule has 6 saturated carbocycles. The van der Waals surface area contributed by atoms with E-state index < -0.39 is 0 Å². The molecule has 0 unspecified atom stereocenters. The molecule has 0 aliphatic heterocycles. The van der Waals surface area contributed by atoms with Gasteiger partial charge in [0.25, 0.3) is 0 Å². The van der Waals surface area contributed by atoms with Gasteiger partial charge in [0.1, 0.15) is 0 Å². The molecular weight excluding hydrogens is 407 g/mol. The normalized spacial score (nSPS) is 82.1. The lowest BCUT2D eigenvalue weighted by atomic mass is 8.96. The standard InChI is InChI=1S/C10H7Br2I/c11-2(12)1-9-3-6-4(9)8-5(9)7(3)10(6,8)13/h1,3-8H. The van der Waals surface area contributed by atoms with Crippen LogP contribution in [0.25, 0.3) is 0 Å². The van der Waals surface area contributed by atoms with Crippen LogP contribution in [0.3, 0.4) is 0 Å². The fourth-order valence-electron chi connectivity index (χ4n) is 5.96. The Morgan fingerprint density at radius 3 is 1.85 bits per heavy atom. The highest BCUT2D eigenvalue weighted by Crippen LogP contribution is 3.09. The average molecular weight is 414 g/mol. The van der Waals surface area contributed by atoms with Gasteiger partial charge in [-0.3, -0.25) is 0 Å². The Morgan fingerprint density at radius 2 is 1.46 bits per heavy atom. The summed E-state index contributed by atoms with van der Waals surface area (Å²) >= 11 is 9.83. The van der Waals surface area contributed by atoms with Gasteiger partial charge in [0.15, 0.2) is 0 Å². The molecule has 0 aromatic rings. The zero-order valence-electron chi connectivity index (χ0n) is 6.68. The number of halogens is 3. The van der Waals surface area contributed by atoms with E-state index in [-0.39, 0.29) is 0 Å². The average Bonchev–Trinajstić information content (AvgIpc) is 2.10. The lowest BCUT2D eigenvalue weighted by Gasteiger charge is -3.10. The van der Waals surface area contributed by atoms with Crippen molar-refractivity contribution in [3.05, 3.63) is 9.47 Å². The van der Waals surface area contributed by atoms with Crippen LogP contribution in [0.1, 0.15) is 0 Å². The van der Waals surface area contributed by atoms with Crippen molar-refractivity contribution in [3.8, 4) is 0 Å². The predicted molar refractivity (Wildman–Crippen MR) is 66.1 cm³/mol. The number of hydrogen-bond acceptors (Lipinski definition) is 0. The third-order valence-corrected chi connectivity index (χ3v) is 8.56. The first-order valence-corrected chi connectivity index (χ1v) is 7.54. The molecule has 13 heavy (non-hydrogen) atoms. The minimum atomic E-state index is 0.704. The highest BCUT2D eigenvalue weighted by Gasteiger charge is 3.08. The topological polar surface area (TPSA) is 0 Å². The molecule has 0 bridgehead atoms. The monoisotopic (exact) mass is 412 g/mol. The molecular formula is C10H7Br2I. The summed E-state index contributed by atoms with van der Waals surface area (Å²) in [5, 5.41) is 0. The van der Waals surface area contributed by atoms with Gasteiger partial charge < -0.3 is 0 Å². The Balaban J connectivity index is 1.65. The summed E-state index contributed by atoms with van der Waals surface area (Å²) in [5.74, 6) is 6.74. The zero-order valence-corrected chi connectivity index (χ0v) is 12.0. The quantitative estimate of drug-likeness (QED) is 0.455. The first-order valence-electron chi connectivity index (χ1n) is 4.88. The van der Waals surface area contributed by atoms with E-state index in [9.17, 15) is 0 Å². The largest absolute Gasteiger partial charge is 0.0779 e. The molecule has 0 N–H and O–H groups in total. The first kappa shape index (κ1) is 7.66. The fraction of sp³-hybridized carbons (Fsp3) is 0.800. The molecule has 0 atom stereocenters. The molecule has 0 radical (unpaired) electrons. The molecule has 0 aromatic carbocycles. The van der Waals surface area contributed by atoms with Gasteiger partial charge in [0.2, 0.25) is 0 Å². The van der Waals surface area contributed by atoms with Crippen molar-refractivity contribution in [3.63, 3.8) is 0 Å². The van der Waals surface area contributed by atoms with Crippen LogP contribution in [0.4, 0.5) is 0 Å². The molecule has 3 heteroatoms. The first-order chi connectivity index (χ1) is 6.15. The van der Waals surface area contributed by atoms with Crippen LogP contribution in [0.2, 0.25) is 0 Å². The van der Waals surface area contributed by atoms with Crippen LogP contribution in [0.5, 0.6) is 0 Å². The van der Waals surface area contributed by atoms with Crippen LogP contribution < -0.4 is 0 Å². The molecule has 0 amide bonds. The van der Waals surface area contributed by atoms with Crippen LogP contribution in [0, 0.1) is 40.9 Å². The Kier molecular flexibility index (Phi) is 0.974. The van der Waals surface area contributed by atoms with E-state index in [0.717, 1.165) is 38.9 Å². The molecule has 0 aromatic heterocycles. The van der Waals surface area contributed by atoms with Crippen molar-refractivity contribution in [1.29, 1.82) is 0 Å². The van der Waals surface area contributed by atoms with E-state index in [1.807, 2.05) is 0 Å². The van der Waals surface area contributed by atoms with Gasteiger partial charge in [-0.15, -0.1) is 0 Å². The van der Waals surface area contributed by atoms with Crippen molar-refractivity contribution in [1.82, 2.24) is 0 Å². The second-order valence-electron chi connectivity index (χ2n) is 5.42. The zero-order chi connectivity index (χ0) is 8.75. The van der Waals surface area contributed by atoms with E-state index in [1.54, 1.807) is 0 Å². The van der Waals surface area contributed by atoms with Crippen molar-refractivity contribution in [2.24, 2.45) is 40.9 Å². The SMILES string of the molecule is BrC(Br)=CC12C3C4C1C1C2C3C41I. The van der Waals surface area contributed by atoms with Gasteiger partial charge in [-0.2, -0.15) is 0 Å². The number of hydrogen-bond donors (Lipinski definition) is 0. The van der Waals surface area contributed by atoms with E-state index in [0.29, 0.717) is 5.41 Å². The van der Waals surface area contributed by atoms with Gasteiger partial charge >= 0.3 is 0 Å². The summed E-state index contributed by atoms with van der Waals surface area (Å²) in [4.78, 5) is 0. The molecule has 6 aliphatic carbocycles. The van der Waals surface area contributed by atoms with Gasteiger partial charge in [-0.1, -0.05) is 28.7 Å². The molecule has 0 nitrogen and oxygen atoms in total. The molecule has 0 heterocycles. The summed E-state index contributed by atoms with van der Waals surface area (Å²) < 4.78 is 2.03. The summed E-state index contributed by atoms with van der Waals surface area (Å²) in [6.07, 6.45) is 2.48. The van der Waals surface area contributed by atoms with E-state index >= 15 is 0 Å². The Bertz CT molecular complexity index is 342. The van der Waals surface area contributed by atoms with Gasteiger partial charge in [-0.05, 0) is 67.4 Å². The lowest BCUT2D eigenvalue weighted by molar-refractivity contribution is -0.574. The van der Waals surface area contributed by atoms with Crippen molar-refractivity contribution in [2.45, 2.75) is 3.42 Å². The van der Waals surface area contributed by atoms with Crippen molar-refractivity contribution >= 4 is 54.5 Å². The molecule has 0 saturated heterocycles. The minimum absolute atomic E-state index is 0.704. The molecule has 6 fully saturated rings. The minimum Gasteiger partial charge on any atom is -0.0779 e. The maximum absolute atomic E-state index is 3.53. The van der Waals surface area contributed by atoms with Crippen LogP contribution >= 0.6 is 54.5 Å². The smallest absolute Gasteiger partial charge is 0.0570 e. The molecule has 6 aliphatic rings. The Morgan fingerprint density at radius 1 is 1.00 bits per heavy atom. The second kappa shape index (κ2) is 1.65. The van der Waals surface area contributed by atoms with Crippen LogP contribution in [-0.4, -0.2) is 3.42 Å². The summed E-state index contributed by atoms with van der Waals surface area (Å²) in [6.45, 7) is 0. The van der Waals surface area contributed by atoms with E-state index in [2.05, 4.69) is 60.5 Å². The van der Waals surface area contributed by atoms with E-state index in [1.165, 1.54) is 3.39 Å². The third kappa shape index (κ3) is 0.398. The third-order valence-electron chi connectivity index (χ3n) is 5.95. The van der Waals surface area contributed by atoms with Crippen LogP contribution in [-0.2, 0) is 0 Å². The van der Waals surface area contributed by atoms with E-state index in [4.69, 9.17) is 0 Å². The lowest BCUT2D eigenvalue weighted by Crippen LogP contribution is -3.10. The molecule has 0 spiro atoms. The highest BCUT2D eigenvalue weighted by molar-refractivity contribution is 14.1. The van der Waals surface area contributed by atoms with Crippen LogP contribution in [0.15, 0.2) is 9.47 Å². The maximum Gasteiger partial charge on any atom is 0.0570 e. The molecule has 6 rings (SSSR count). The van der Waals surface area contributed by atoms with Gasteiger partial charge in [0.05, 0.1) is 3.39 Å². The maximum atomic E-state index is 3.53. The number of rotatable bonds is 1. The highest BCUT2D eigenvalue weighted by atomic mass is 127. The summed E-state index contributed by atoms with van der Waals surface area (Å²) in [5.41, 5.74) is 0.704. The van der Waals surface area contributed by atoms with Gasteiger partial charge in [0, 0.05) is 8.84 Å². The van der Waals surface area contributed by atoms with Crippen molar-refractivity contribution in [2.75, 3.05) is 0 Å². The van der Waals surface area contributed by atoms with Gasteiger partial charge in [-0.25, -0.2) is 0 Å².